The summed E-state index contributed by atoms with van der Waals surface area (Å²) in [6.45, 7) is 3.53. The zero-order chi connectivity index (χ0) is 13.7. The van der Waals surface area contributed by atoms with E-state index in [-0.39, 0.29) is 6.04 Å². The summed E-state index contributed by atoms with van der Waals surface area (Å²) in [5, 5.41) is 0.615. The maximum absolute atomic E-state index is 11.3. The number of carbonyl (C=O) groups excluding carboxylic acids is 1. The van der Waals surface area contributed by atoms with Crippen LogP contribution in [0.5, 0.6) is 5.75 Å². The number of carbonyl (C=O) groups is 1. The molecule has 100 valence electrons. The van der Waals surface area contributed by atoms with Crippen LogP contribution in [0.1, 0.15) is 19.4 Å². The van der Waals surface area contributed by atoms with Crippen molar-refractivity contribution in [3.05, 3.63) is 28.8 Å². The lowest BCUT2D eigenvalue weighted by Gasteiger charge is -2.17. The topological polar surface area (TPSA) is 61.5 Å². The molecule has 1 rings (SSSR count). The molecule has 0 aromatic heterocycles. The first-order valence-corrected chi connectivity index (χ1v) is 6.10. The van der Waals surface area contributed by atoms with Gasteiger partial charge >= 0.3 is 5.97 Å². The van der Waals surface area contributed by atoms with Crippen LogP contribution in [0.2, 0.25) is 5.02 Å². The zero-order valence-corrected chi connectivity index (χ0v) is 11.5. The number of nitrogens with two attached hydrogens (primary N) is 1. The number of ether oxygens (including phenoxy) is 2. The van der Waals surface area contributed by atoms with Crippen molar-refractivity contribution in [2.24, 2.45) is 5.73 Å². The van der Waals surface area contributed by atoms with Crippen LogP contribution in [-0.4, -0.2) is 25.2 Å². The Labute approximate surface area is 112 Å². The van der Waals surface area contributed by atoms with Crippen molar-refractivity contribution in [1.29, 1.82) is 0 Å². The van der Waals surface area contributed by atoms with Gasteiger partial charge in [0.1, 0.15) is 5.75 Å². The first-order valence-electron chi connectivity index (χ1n) is 5.72. The normalized spacial score (nSPS) is 13.8. The monoisotopic (exact) mass is 271 g/mol. The van der Waals surface area contributed by atoms with Gasteiger partial charge in [-0.15, -0.1) is 0 Å². The molecule has 0 spiro atoms. The predicted molar refractivity (Wildman–Crippen MR) is 70.9 cm³/mol. The fourth-order valence-corrected chi connectivity index (χ4v) is 1.77. The van der Waals surface area contributed by atoms with Crippen LogP contribution in [0, 0.1) is 0 Å². The van der Waals surface area contributed by atoms with E-state index in [1.807, 2.05) is 6.92 Å². The van der Waals surface area contributed by atoms with Gasteiger partial charge in [0.25, 0.3) is 0 Å². The molecule has 0 heterocycles. The first-order chi connectivity index (χ1) is 8.43. The molecule has 0 fully saturated rings. The maximum Gasteiger partial charge on any atom is 0.346 e. The van der Waals surface area contributed by atoms with Crippen molar-refractivity contribution in [3.63, 3.8) is 0 Å². The van der Waals surface area contributed by atoms with Gasteiger partial charge in [-0.3, -0.25) is 0 Å². The molecule has 5 heteroatoms. The molecule has 0 aliphatic heterocycles. The molecule has 1 aromatic carbocycles. The van der Waals surface area contributed by atoms with Gasteiger partial charge in [-0.2, -0.15) is 0 Å². The summed E-state index contributed by atoms with van der Waals surface area (Å²) in [5.41, 5.74) is 6.65. The second-order valence-corrected chi connectivity index (χ2v) is 4.65. The Kier molecular flexibility index (Phi) is 5.44. The second-order valence-electron chi connectivity index (χ2n) is 4.22. The highest BCUT2D eigenvalue weighted by molar-refractivity contribution is 6.30. The summed E-state index contributed by atoms with van der Waals surface area (Å²) >= 11 is 5.94. The third kappa shape index (κ3) is 4.20. The van der Waals surface area contributed by atoms with Crippen LogP contribution in [0.15, 0.2) is 18.2 Å². The van der Waals surface area contributed by atoms with Gasteiger partial charge in [-0.05, 0) is 44.0 Å². The third-order valence-corrected chi connectivity index (χ3v) is 2.64. The summed E-state index contributed by atoms with van der Waals surface area (Å²) in [4.78, 5) is 11.3. The van der Waals surface area contributed by atoms with E-state index in [2.05, 4.69) is 4.74 Å². The quantitative estimate of drug-likeness (QED) is 0.834. The Hall–Kier alpha value is -1.26. The summed E-state index contributed by atoms with van der Waals surface area (Å²) in [6.07, 6.45) is -0.0351. The molecule has 0 aliphatic carbocycles. The van der Waals surface area contributed by atoms with Crippen molar-refractivity contribution in [2.75, 3.05) is 7.11 Å². The Balaban J connectivity index is 2.90. The summed E-state index contributed by atoms with van der Waals surface area (Å²) in [7, 11) is 1.33. The van der Waals surface area contributed by atoms with Gasteiger partial charge in [0.05, 0.1) is 7.11 Å². The molecule has 0 amide bonds. The molecular formula is C13H18ClNO3. The van der Waals surface area contributed by atoms with E-state index in [1.165, 1.54) is 7.11 Å². The Morgan fingerprint density at radius 3 is 2.67 bits per heavy atom. The number of methoxy groups -OCH3 is 1. The molecule has 0 aliphatic rings. The van der Waals surface area contributed by atoms with Crippen LogP contribution in [-0.2, 0) is 16.0 Å². The Bertz CT molecular complexity index is 421. The van der Waals surface area contributed by atoms with Crippen LogP contribution in [0.3, 0.4) is 0 Å². The van der Waals surface area contributed by atoms with Gasteiger partial charge in [0.15, 0.2) is 6.10 Å². The maximum atomic E-state index is 11.3. The number of hydrogen-bond donors (Lipinski definition) is 1. The molecule has 0 saturated carbocycles. The summed E-state index contributed by atoms with van der Waals surface area (Å²) in [5.74, 6) is 0.186. The van der Waals surface area contributed by atoms with Crippen LogP contribution >= 0.6 is 11.6 Å². The molecular weight excluding hydrogens is 254 g/mol. The van der Waals surface area contributed by atoms with E-state index in [1.54, 1.807) is 25.1 Å². The van der Waals surface area contributed by atoms with Gasteiger partial charge in [-0.1, -0.05) is 11.6 Å². The van der Waals surface area contributed by atoms with Crippen molar-refractivity contribution >= 4 is 17.6 Å². The predicted octanol–water partition coefficient (Wildman–Crippen LogP) is 2.17. The molecule has 2 atom stereocenters. The van der Waals surface area contributed by atoms with Gasteiger partial charge in [0, 0.05) is 11.1 Å². The Morgan fingerprint density at radius 1 is 1.44 bits per heavy atom. The zero-order valence-electron chi connectivity index (χ0n) is 10.8. The number of hydrogen-bond acceptors (Lipinski definition) is 4. The standard InChI is InChI=1S/C13H18ClNO3/c1-8(15)6-10-7-11(14)4-5-12(10)18-9(2)13(16)17-3/h4-5,7-9H,6,15H2,1-3H3. The van der Waals surface area contributed by atoms with Crippen molar-refractivity contribution in [2.45, 2.75) is 32.4 Å². The highest BCUT2D eigenvalue weighted by Crippen LogP contribution is 2.25. The van der Waals surface area contributed by atoms with E-state index in [9.17, 15) is 4.79 Å². The second kappa shape index (κ2) is 6.61. The van der Waals surface area contributed by atoms with Crippen molar-refractivity contribution in [1.82, 2.24) is 0 Å². The smallest absolute Gasteiger partial charge is 0.346 e. The lowest BCUT2D eigenvalue weighted by Crippen LogP contribution is -2.26. The summed E-state index contributed by atoms with van der Waals surface area (Å²) < 4.78 is 10.2. The highest BCUT2D eigenvalue weighted by atomic mass is 35.5. The van der Waals surface area contributed by atoms with Crippen LogP contribution in [0.25, 0.3) is 0 Å². The number of esters is 1. The van der Waals surface area contributed by atoms with Gasteiger partial charge < -0.3 is 15.2 Å². The lowest BCUT2D eigenvalue weighted by molar-refractivity contribution is -0.147. The molecule has 1 aromatic rings. The molecule has 18 heavy (non-hydrogen) atoms. The molecule has 2 unspecified atom stereocenters. The lowest BCUT2D eigenvalue weighted by atomic mass is 10.1. The van der Waals surface area contributed by atoms with Gasteiger partial charge in [0.2, 0.25) is 0 Å². The first kappa shape index (κ1) is 14.8. The third-order valence-electron chi connectivity index (χ3n) is 2.40. The fourth-order valence-electron chi connectivity index (χ4n) is 1.57. The largest absolute Gasteiger partial charge is 0.479 e. The van der Waals surface area contributed by atoms with Crippen LogP contribution in [0.4, 0.5) is 0 Å². The molecule has 0 saturated heterocycles. The van der Waals surface area contributed by atoms with Gasteiger partial charge in [-0.25, -0.2) is 4.79 Å². The van der Waals surface area contributed by atoms with E-state index in [0.717, 1.165) is 5.56 Å². The molecule has 2 N–H and O–H groups in total. The average Bonchev–Trinajstić information content (AvgIpc) is 2.30. The number of halogens is 1. The SMILES string of the molecule is COC(=O)C(C)Oc1ccc(Cl)cc1CC(C)N. The number of benzene rings is 1. The van der Waals surface area contributed by atoms with Crippen LogP contribution < -0.4 is 10.5 Å². The number of rotatable bonds is 5. The molecule has 4 nitrogen and oxygen atoms in total. The van der Waals surface area contributed by atoms with Crippen molar-refractivity contribution in [3.8, 4) is 5.75 Å². The minimum atomic E-state index is -0.664. The fraction of sp³-hybridized carbons (Fsp3) is 0.462. The Morgan fingerprint density at radius 2 is 2.11 bits per heavy atom. The summed E-state index contributed by atoms with van der Waals surface area (Å²) in [6, 6.07) is 5.23. The van der Waals surface area contributed by atoms with Crippen molar-refractivity contribution < 1.29 is 14.3 Å². The average molecular weight is 272 g/mol. The van der Waals surface area contributed by atoms with E-state index in [4.69, 9.17) is 22.1 Å². The minimum absolute atomic E-state index is 0.0146. The molecule has 0 bridgehead atoms. The molecule has 0 radical (unpaired) electrons. The minimum Gasteiger partial charge on any atom is -0.479 e. The van der Waals surface area contributed by atoms with E-state index < -0.39 is 12.1 Å². The van der Waals surface area contributed by atoms with E-state index in [0.29, 0.717) is 17.2 Å². The van der Waals surface area contributed by atoms with E-state index >= 15 is 0 Å². The highest BCUT2D eigenvalue weighted by Gasteiger charge is 2.17.